The first-order valence-corrected chi connectivity index (χ1v) is 6.00. The van der Waals surface area contributed by atoms with E-state index in [4.69, 9.17) is 5.11 Å². The maximum atomic E-state index is 10.7. The number of aromatic nitrogens is 1. The van der Waals surface area contributed by atoms with Crippen LogP contribution >= 0.6 is 11.3 Å². The van der Waals surface area contributed by atoms with Crippen molar-refractivity contribution in [2.75, 3.05) is 0 Å². The van der Waals surface area contributed by atoms with Gasteiger partial charge in [-0.15, -0.1) is 11.3 Å². The van der Waals surface area contributed by atoms with Gasteiger partial charge in [-0.2, -0.15) is 0 Å². The zero-order valence-corrected chi connectivity index (χ0v) is 10.2. The standard InChI is InChI=1S/C11H17NO2S/c1-4-5-9-12-8(7-15-9)11(2,3)6-10(13)14/h7H,4-6H2,1-3H3,(H,13,14). The number of carboxylic acid groups (broad SMARTS) is 1. The van der Waals surface area contributed by atoms with E-state index in [1.807, 2.05) is 19.2 Å². The fourth-order valence-electron chi connectivity index (χ4n) is 1.42. The van der Waals surface area contributed by atoms with Gasteiger partial charge in [0.05, 0.1) is 17.1 Å². The number of aliphatic carboxylic acids is 1. The van der Waals surface area contributed by atoms with E-state index in [1.54, 1.807) is 11.3 Å². The number of nitrogens with zero attached hydrogens (tertiary/aromatic N) is 1. The molecule has 0 bridgehead atoms. The largest absolute Gasteiger partial charge is 0.481 e. The molecule has 0 unspecified atom stereocenters. The van der Waals surface area contributed by atoms with Crippen molar-refractivity contribution in [1.29, 1.82) is 0 Å². The third-order valence-electron chi connectivity index (χ3n) is 2.30. The van der Waals surface area contributed by atoms with Gasteiger partial charge in [-0.25, -0.2) is 4.98 Å². The van der Waals surface area contributed by atoms with Crippen LogP contribution in [-0.4, -0.2) is 16.1 Å². The molecule has 1 rings (SSSR count). The van der Waals surface area contributed by atoms with Crippen molar-refractivity contribution in [3.8, 4) is 0 Å². The Morgan fingerprint density at radius 1 is 1.60 bits per heavy atom. The number of aryl methyl sites for hydroxylation is 1. The van der Waals surface area contributed by atoms with E-state index in [2.05, 4.69) is 11.9 Å². The molecule has 0 spiro atoms. The maximum Gasteiger partial charge on any atom is 0.304 e. The van der Waals surface area contributed by atoms with Gasteiger partial charge in [0.1, 0.15) is 0 Å². The Labute approximate surface area is 94.2 Å². The molecule has 15 heavy (non-hydrogen) atoms. The van der Waals surface area contributed by atoms with Crippen molar-refractivity contribution in [3.05, 3.63) is 16.1 Å². The molecule has 0 atom stereocenters. The van der Waals surface area contributed by atoms with Crippen LogP contribution in [0.3, 0.4) is 0 Å². The molecule has 0 aliphatic carbocycles. The smallest absolute Gasteiger partial charge is 0.304 e. The average molecular weight is 227 g/mol. The predicted molar refractivity (Wildman–Crippen MR) is 61.4 cm³/mol. The van der Waals surface area contributed by atoms with Crippen molar-refractivity contribution in [1.82, 2.24) is 4.98 Å². The Hall–Kier alpha value is -0.900. The van der Waals surface area contributed by atoms with Crippen LogP contribution in [0.2, 0.25) is 0 Å². The summed E-state index contributed by atoms with van der Waals surface area (Å²) in [7, 11) is 0. The number of thiazole rings is 1. The van der Waals surface area contributed by atoms with E-state index < -0.39 is 5.97 Å². The summed E-state index contributed by atoms with van der Waals surface area (Å²) in [5, 5.41) is 11.9. The van der Waals surface area contributed by atoms with Crippen LogP contribution in [0.4, 0.5) is 0 Å². The lowest BCUT2D eigenvalue weighted by atomic mass is 9.86. The van der Waals surface area contributed by atoms with Crippen LogP contribution in [0, 0.1) is 0 Å². The van der Waals surface area contributed by atoms with Gasteiger partial charge in [0.15, 0.2) is 0 Å². The van der Waals surface area contributed by atoms with Gasteiger partial charge in [-0.05, 0) is 12.8 Å². The molecule has 1 N–H and O–H groups in total. The van der Waals surface area contributed by atoms with Gasteiger partial charge in [0.25, 0.3) is 0 Å². The number of rotatable bonds is 5. The topological polar surface area (TPSA) is 50.2 Å². The minimum absolute atomic E-state index is 0.127. The number of hydrogen-bond acceptors (Lipinski definition) is 3. The van der Waals surface area contributed by atoms with Crippen LogP contribution in [0.15, 0.2) is 5.38 Å². The molecule has 0 saturated heterocycles. The van der Waals surface area contributed by atoms with Crippen LogP contribution in [-0.2, 0) is 16.6 Å². The molecule has 3 nitrogen and oxygen atoms in total. The zero-order chi connectivity index (χ0) is 11.5. The normalized spacial score (nSPS) is 11.7. The van der Waals surface area contributed by atoms with Crippen LogP contribution in [0.1, 0.15) is 44.3 Å². The molecular weight excluding hydrogens is 210 g/mol. The Balaban J connectivity index is 2.80. The van der Waals surface area contributed by atoms with Gasteiger partial charge in [-0.3, -0.25) is 4.79 Å². The van der Waals surface area contributed by atoms with Crippen LogP contribution in [0.5, 0.6) is 0 Å². The van der Waals surface area contributed by atoms with E-state index in [0.717, 1.165) is 23.5 Å². The summed E-state index contributed by atoms with van der Waals surface area (Å²) in [4.78, 5) is 15.2. The molecule has 0 radical (unpaired) electrons. The first-order valence-electron chi connectivity index (χ1n) is 5.12. The fourth-order valence-corrected chi connectivity index (χ4v) is 2.51. The van der Waals surface area contributed by atoms with Crippen molar-refractivity contribution in [2.45, 2.75) is 45.4 Å². The van der Waals surface area contributed by atoms with Gasteiger partial charge < -0.3 is 5.11 Å². The number of hydrogen-bond donors (Lipinski definition) is 1. The summed E-state index contributed by atoms with van der Waals surface area (Å²) in [5.41, 5.74) is 0.535. The van der Waals surface area contributed by atoms with Crippen LogP contribution < -0.4 is 0 Å². The summed E-state index contributed by atoms with van der Waals surface area (Å²) in [6.07, 6.45) is 2.18. The SMILES string of the molecule is CCCc1nc(C(C)(C)CC(=O)O)cs1. The van der Waals surface area contributed by atoms with Gasteiger partial charge in [0.2, 0.25) is 0 Å². The number of carbonyl (C=O) groups is 1. The molecule has 1 aromatic heterocycles. The molecule has 0 amide bonds. The maximum absolute atomic E-state index is 10.7. The molecule has 4 heteroatoms. The van der Waals surface area contributed by atoms with Crippen molar-refractivity contribution < 1.29 is 9.90 Å². The molecule has 84 valence electrons. The lowest BCUT2D eigenvalue weighted by Gasteiger charge is -2.19. The molecule has 0 fully saturated rings. The van der Waals surface area contributed by atoms with Crippen molar-refractivity contribution >= 4 is 17.3 Å². The molecule has 0 aliphatic rings. The Morgan fingerprint density at radius 3 is 2.80 bits per heavy atom. The minimum atomic E-state index is -0.773. The molecule has 1 aromatic rings. The highest BCUT2D eigenvalue weighted by atomic mass is 32.1. The fraction of sp³-hybridized carbons (Fsp3) is 0.636. The lowest BCUT2D eigenvalue weighted by Crippen LogP contribution is -2.22. The van der Waals surface area contributed by atoms with E-state index in [9.17, 15) is 4.79 Å². The van der Waals surface area contributed by atoms with Crippen molar-refractivity contribution in [2.24, 2.45) is 0 Å². The Kier molecular flexibility index (Phi) is 3.85. The zero-order valence-electron chi connectivity index (χ0n) is 9.41. The third-order valence-corrected chi connectivity index (χ3v) is 3.21. The van der Waals surface area contributed by atoms with E-state index >= 15 is 0 Å². The van der Waals surface area contributed by atoms with E-state index in [1.165, 1.54) is 0 Å². The second kappa shape index (κ2) is 4.75. The lowest BCUT2D eigenvalue weighted by molar-refractivity contribution is -0.138. The summed E-state index contributed by atoms with van der Waals surface area (Å²) in [5.74, 6) is -0.773. The third kappa shape index (κ3) is 3.30. The first-order chi connectivity index (χ1) is 6.95. The van der Waals surface area contributed by atoms with E-state index in [-0.39, 0.29) is 11.8 Å². The first kappa shape index (κ1) is 12.2. The second-order valence-electron chi connectivity index (χ2n) is 4.33. The second-order valence-corrected chi connectivity index (χ2v) is 5.27. The highest BCUT2D eigenvalue weighted by Gasteiger charge is 2.26. The molecule has 0 aliphatic heterocycles. The molecule has 0 saturated carbocycles. The summed E-state index contributed by atoms with van der Waals surface area (Å²) >= 11 is 1.62. The highest BCUT2D eigenvalue weighted by Crippen LogP contribution is 2.28. The summed E-state index contributed by atoms with van der Waals surface area (Å²) in [6, 6.07) is 0. The van der Waals surface area contributed by atoms with E-state index in [0.29, 0.717) is 0 Å². The molecule has 1 heterocycles. The van der Waals surface area contributed by atoms with Gasteiger partial charge in [-0.1, -0.05) is 20.8 Å². The Bertz CT molecular complexity index is 344. The number of carboxylic acids is 1. The predicted octanol–water partition coefficient (Wildman–Crippen LogP) is 2.85. The minimum Gasteiger partial charge on any atom is -0.481 e. The highest BCUT2D eigenvalue weighted by molar-refractivity contribution is 7.09. The Morgan fingerprint density at radius 2 is 2.27 bits per heavy atom. The quantitative estimate of drug-likeness (QED) is 0.841. The monoisotopic (exact) mass is 227 g/mol. The molecular formula is C11H17NO2S. The summed E-state index contributed by atoms with van der Waals surface area (Å²) in [6.45, 7) is 5.96. The van der Waals surface area contributed by atoms with Crippen LogP contribution in [0.25, 0.3) is 0 Å². The van der Waals surface area contributed by atoms with Gasteiger partial charge >= 0.3 is 5.97 Å². The summed E-state index contributed by atoms with van der Waals surface area (Å²) < 4.78 is 0. The van der Waals surface area contributed by atoms with Crippen molar-refractivity contribution in [3.63, 3.8) is 0 Å². The molecule has 0 aromatic carbocycles. The van der Waals surface area contributed by atoms with Gasteiger partial charge in [0, 0.05) is 10.8 Å². The average Bonchev–Trinajstić information content (AvgIpc) is 2.51.